The van der Waals surface area contributed by atoms with Crippen LogP contribution in [0.3, 0.4) is 0 Å². The zero-order valence-corrected chi connectivity index (χ0v) is 9.55. The van der Waals surface area contributed by atoms with Crippen molar-refractivity contribution < 1.29 is 4.79 Å². The number of hydrogen-bond acceptors (Lipinski definition) is 2. The van der Waals surface area contributed by atoms with Gasteiger partial charge in [-0.05, 0) is 30.3 Å². The van der Waals surface area contributed by atoms with Crippen molar-refractivity contribution >= 4 is 16.8 Å². The molecular weight excluding hydrogens is 226 g/mol. The number of pyridine rings is 1. The fourth-order valence-electron chi connectivity index (χ4n) is 1.95. The van der Waals surface area contributed by atoms with E-state index in [0.29, 0.717) is 5.56 Å². The first kappa shape index (κ1) is 10.5. The van der Waals surface area contributed by atoms with Crippen molar-refractivity contribution in [2.75, 3.05) is 0 Å². The van der Waals surface area contributed by atoms with Gasteiger partial charge in [0.05, 0.1) is 5.69 Å². The molecule has 0 aliphatic carbocycles. The maximum Gasteiger partial charge on any atom is 0.248 e. The fourth-order valence-corrected chi connectivity index (χ4v) is 1.95. The highest BCUT2D eigenvalue weighted by Gasteiger charge is 2.05. The highest BCUT2D eigenvalue weighted by Crippen LogP contribution is 2.22. The normalized spacial score (nSPS) is 10.7. The Hall–Kier alpha value is -2.62. The molecule has 1 aromatic carbocycles. The van der Waals surface area contributed by atoms with Crippen LogP contribution in [-0.2, 0) is 0 Å². The summed E-state index contributed by atoms with van der Waals surface area (Å²) in [5, 5.41) is 1.11. The number of nitrogens with zero attached hydrogens (tertiary/aromatic N) is 1. The van der Waals surface area contributed by atoms with Crippen molar-refractivity contribution in [1.29, 1.82) is 0 Å². The molecule has 0 fully saturated rings. The van der Waals surface area contributed by atoms with Gasteiger partial charge in [0.1, 0.15) is 0 Å². The monoisotopic (exact) mass is 237 g/mol. The molecule has 0 spiro atoms. The fraction of sp³-hybridized carbons (Fsp3) is 0. The van der Waals surface area contributed by atoms with E-state index in [2.05, 4.69) is 9.97 Å². The standard InChI is InChI=1S/C14H11N3O/c15-14(18)11-4-6-17-13(8-11)9-1-2-12-10(7-9)3-5-16-12/h1-8,16H,(H2,15,18). The molecule has 2 aromatic heterocycles. The molecule has 4 nitrogen and oxygen atoms in total. The Kier molecular flexibility index (Phi) is 2.34. The van der Waals surface area contributed by atoms with Gasteiger partial charge in [-0.2, -0.15) is 0 Å². The van der Waals surface area contributed by atoms with E-state index in [9.17, 15) is 4.79 Å². The predicted molar refractivity (Wildman–Crippen MR) is 70.0 cm³/mol. The predicted octanol–water partition coefficient (Wildman–Crippen LogP) is 2.33. The summed E-state index contributed by atoms with van der Waals surface area (Å²) < 4.78 is 0. The molecule has 1 amide bonds. The van der Waals surface area contributed by atoms with E-state index in [1.54, 1.807) is 18.3 Å². The van der Waals surface area contributed by atoms with Gasteiger partial charge in [-0.3, -0.25) is 9.78 Å². The third-order valence-corrected chi connectivity index (χ3v) is 2.89. The lowest BCUT2D eigenvalue weighted by molar-refractivity contribution is 0.1000. The Morgan fingerprint density at radius 2 is 2.06 bits per heavy atom. The summed E-state index contributed by atoms with van der Waals surface area (Å²) in [6.45, 7) is 0. The quantitative estimate of drug-likeness (QED) is 0.718. The van der Waals surface area contributed by atoms with Crippen LogP contribution in [-0.4, -0.2) is 15.9 Å². The van der Waals surface area contributed by atoms with E-state index in [-0.39, 0.29) is 0 Å². The minimum absolute atomic E-state index is 0.443. The zero-order valence-electron chi connectivity index (χ0n) is 9.55. The number of aromatic amines is 1. The van der Waals surface area contributed by atoms with Gasteiger partial charge >= 0.3 is 0 Å². The second kappa shape index (κ2) is 4.00. The van der Waals surface area contributed by atoms with Crippen molar-refractivity contribution in [2.24, 2.45) is 5.73 Å². The average molecular weight is 237 g/mol. The van der Waals surface area contributed by atoms with Crippen molar-refractivity contribution in [3.05, 3.63) is 54.4 Å². The molecule has 0 bridgehead atoms. The minimum Gasteiger partial charge on any atom is -0.366 e. The molecular formula is C14H11N3O. The van der Waals surface area contributed by atoms with E-state index in [0.717, 1.165) is 22.2 Å². The summed E-state index contributed by atoms with van der Waals surface area (Å²) in [6, 6.07) is 11.3. The van der Waals surface area contributed by atoms with E-state index in [1.165, 1.54) is 0 Å². The lowest BCUT2D eigenvalue weighted by Crippen LogP contribution is -2.10. The maximum absolute atomic E-state index is 11.1. The molecule has 2 heterocycles. The summed E-state index contributed by atoms with van der Waals surface area (Å²) in [7, 11) is 0. The molecule has 0 unspecified atom stereocenters. The zero-order chi connectivity index (χ0) is 12.5. The molecule has 4 heteroatoms. The molecule has 0 aliphatic heterocycles. The third kappa shape index (κ3) is 1.73. The number of primary amides is 1. The van der Waals surface area contributed by atoms with Gasteiger partial charge in [0.25, 0.3) is 0 Å². The van der Waals surface area contributed by atoms with Crippen LogP contribution < -0.4 is 5.73 Å². The van der Waals surface area contributed by atoms with Crippen molar-refractivity contribution in [2.45, 2.75) is 0 Å². The van der Waals surface area contributed by atoms with Crippen LogP contribution in [0.15, 0.2) is 48.8 Å². The van der Waals surface area contributed by atoms with Crippen LogP contribution in [0.1, 0.15) is 10.4 Å². The van der Waals surface area contributed by atoms with Crippen LogP contribution in [0.5, 0.6) is 0 Å². The number of nitrogens with two attached hydrogens (primary N) is 1. The van der Waals surface area contributed by atoms with E-state index in [1.807, 2.05) is 30.5 Å². The number of H-pyrrole nitrogens is 1. The van der Waals surface area contributed by atoms with Gasteiger partial charge in [-0.15, -0.1) is 0 Å². The number of rotatable bonds is 2. The van der Waals surface area contributed by atoms with Gasteiger partial charge < -0.3 is 10.7 Å². The number of carbonyl (C=O) groups excluding carboxylic acids is 1. The van der Waals surface area contributed by atoms with Gasteiger partial charge in [0.2, 0.25) is 5.91 Å². The first-order chi connectivity index (χ1) is 8.74. The van der Waals surface area contributed by atoms with Crippen molar-refractivity contribution in [3.63, 3.8) is 0 Å². The molecule has 0 saturated heterocycles. The lowest BCUT2D eigenvalue weighted by Gasteiger charge is -2.02. The van der Waals surface area contributed by atoms with E-state index < -0.39 is 5.91 Å². The Morgan fingerprint density at radius 3 is 2.89 bits per heavy atom. The van der Waals surface area contributed by atoms with Crippen LogP contribution >= 0.6 is 0 Å². The van der Waals surface area contributed by atoms with Crippen LogP contribution in [0.25, 0.3) is 22.2 Å². The average Bonchev–Trinajstić information content (AvgIpc) is 2.86. The summed E-state index contributed by atoms with van der Waals surface area (Å²) in [5.41, 5.74) is 8.51. The first-order valence-corrected chi connectivity index (χ1v) is 5.57. The van der Waals surface area contributed by atoms with Gasteiger partial charge in [-0.25, -0.2) is 0 Å². The molecule has 18 heavy (non-hydrogen) atoms. The molecule has 3 aromatic rings. The molecule has 0 atom stereocenters. The van der Waals surface area contributed by atoms with Gasteiger partial charge in [0, 0.05) is 34.4 Å². The number of nitrogens with one attached hydrogen (secondary N) is 1. The Balaban J connectivity index is 2.13. The van der Waals surface area contributed by atoms with Gasteiger partial charge in [-0.1, -0.05) is 6.07 Å². The number of aromatic nitrogens is 2. The summed E-state index contributed by atoms with van der Waals surface area (Å²) in [6.07, 6.45) is 3.48. The lowest BCUT2D eigenvalue weighted by atomic mass is 10.1. The van der Waals surface area contributed by atoms with Crippen LogP contribution in [0.4, 0.5) is 0 Å². The maximum atomic E-state index is 11.1. The smallest absolute Gasteiger partial charge is 0.248 e. The highest BCUT2D eigenvalue weighted by molar-refractivity contribution is 5.94. The summed E-state index contributed by atoms with van der Waals surface area (Å²) in [5.74, 6) is -0.443. The first-order valence-electron chi connectivity index (χ1n) is 5.57. The second-order valence-electron chi connectivity index (χ2n) is 4.07. The second-order valence-corrected chi connectivity index (χ2v) is 4.07. The van der Waals surface area contributed by atoms with Gasteiger partial charge in [0.15, 0.2) is 0 Å². The molecule has 0 saturated carbocycles. The molecule has 88 valence electrons. The molecule has 0 aliphatic rings. The number of amides is 1. The Bertz CT molecular complexity index is 730. The minimum atomic E-state index is -0.443. The summed E-state index contributed by atoms with van der Waals surface area (Å²) in [4.78, 5) is 18.5. The molecule has 3 N–H and O–H groups in total. The van der Waals surface area contributed by atoms with E-state index in [4.69, 9.17) is 5.73 Å². The molecule has 0 radical (unpaired) electrons. The topological polar surface area (TPSA) is 71.8 Å². The molecule has 3 rings (SSSR count). The largest absolute Gasteiger partial charge is 0.366 e. The highest BCUT2D eigenvalue weighted by atomic mass is 16.1. The number of hydrogen-bond donors (Lipinski definition) is 2. The number of benzene rings is 1. The Morgan fingerprint density at radius 1 is 1.17 bits per heavy atom. The van der Waals surface area contributed by atoms with Crippen LogP contribution in [0, 0.1) is 0 Å². The SMILES string of the molecule is NC(=O)c1ccnc(-c2ccc3[nH]ccc3c2)c1. The van der Waals surface area contributed by atoms with E-state index >= 15 is 0 Å². The third-order valence-electron chi connectivity index (χ3n) is 2.89. The number of fused-ring (bicyclic) bond motifs is 1. The summed E-state index contributed by atoms with van der Waals surface area (Å²) >= 11 is 0. The van der Waals surface area contributed by atoms with Crippen molar-refractivity contribution in [1.82, 2.24) is 9.97 Å². The number of carbonyl (C=O) groups is 1. The van der Waals surface area contributed by atoms with Crippen molar-refractivity contribution in [3.8, 4) is 11.3 Å². The van der Waals surface area contributed by atoms with Crippen LogP contribution in [0.2, 0.25) is 0 Å². The Labute approximate surface area is 103 Å².